The zero-order chi connectivity index (χ0) is 14.0. The SMILES string of the molecule is CC(=O)c1ccc(N(C)c2cccc(C)c2)c(Br)c1. The van der Waals surface area contributed by atoms with E-state index >= 15 is 0 Å². The second-order valence-electron chi connectivity index (χ2n) is 4.62. The Morgan fingerprint density at radius 1 is 1.16 bits per heavy atom. The van der Waals surface area contributed by atoms with Crippen LogP contribution in [0.1, 0.15) is 22.8 Å². The smallest absolute Gasteiger partial charge is 0.159 e. The molecule has 0 saturated heterocycles. The molecule has 0 heterocycles. The third-order valence-corrected chi connectivity index (χ3v) is 3.74. The average molecular weight is 318 g/mol. The zero-order valence-electron chi connectivity index (χ0n) is 11.3. The largest absolute Gasteiger partial charge is 0.344 e. The molecular formula is C16H16BrNO. The Kier molecular flexibility index (Phi) is 4.05. The molecule has 0 radical (unpaired) electrons. The molecule has 98 valence electrons. The third-order valence-electron chi connectivity index (χ3n) is 3.10. The van der Waals surface area contributed by atoms with E-state index in [-0.39, 0.29) is 5.78 Å². The molecule has 0 unspecified atom stereocenters. The first-order valence-corrected chi connectivity index (χ1v) is 6.89. The summed E-state index contributed by atoms with van der Waals surface area (Å²) in [6, 6.07) is 14.0. The second-order valence-corrected chi connectivity index (χ2v) is 5.47. The highest BCUT2D eigenvalue weighted by atomic mass is 79.9. The maximum absolute atomic E-state index is 11.4. The van der Waals surface area contributed by atoms with Crippen molar-refractivity contribution < 1.29 is 4.79 Å². The van der Waals surface area contributed by atoms with E-state index in [9.17, 15) is 4.79 Å². The monoisotopic (exact) mass is 317 g/mol. The molecule has 0 atom stereocenters. The van der Waals surface area contributed by atoms with Crippen molar-refractivity contribution in [1.29, 1.82) is 0 Å². The van der Waals surface area contributed by atoms with Crippen molar-refractivity contribution >= 4 is 33.1 Å². The first kappa shape index (κ1) is 13.8. The van der Waals surface area contributed by atoms with E-state index in [1.165, 1.54) is 5.56 Å². The van der Waals surface area contributed by atoms with Gasteiger partial charge < -0.3 is 4.90 Å². The molecule has 0 aromatic heterocycles. The molecule has 0 bridgehead atoms. The summed E-state index contributed by atoms with van der Waals surface area (Å²) in [5.74, 6) is 0.0745. The summed E-state index contributed by atoms with van der Waals surface area (Å²) in [7, 11) is 2.02. The van der Waals surface area contributed by atoms with Crippen molar-refractivity contribution in [1.82, 2.24) is 0 Å². The van der Waals surface area contributed by atoms with Gasteiger partial charge in [-0.15, -0.1) is 0 Å². The van der Waals surface area contributed by atoms with Crippen LogP contribution >= 0.6 is 15.9 Å². The van der Waals surface area contributed by atoms with Gasteiger partial charge in [-0.05, 0) is 65.7 Å². The number of benzene rings is 2. The maximum atomic E-state index is 11.4. The van der Waals surface area contributed by atoms with Crippen LogP contribution in [0.5, 0.6) is 0 Å². The normalized spacial score (nSPS) is 10.3. The molecule has 0 aliphatic carbocycles. The van der Waals surface area contributed by atoms with Gasteiger partial charge in [0.05, 0.1) is 5.69 Å². The Labute approximate surface area is 122 Å². The lowest BCUT2D eigenvalue weighted by atomic mass is 10.1. The molecule has 0 fully saturated rings. The van der Waals surface area contributed by atoms with Gasteiger partial charge in [0.1, 0.15) is 0 Å². The summed E-state index contributed by atoms with van der Waals surface area (Å²) < 4.78 is 0.921. The molecule has 0 aliphatic heterocycles. The molecule has 2 aromatic rings. The standard InChI is InChI=1S/C16H16BrNO/c1-11-5-4-6-14(9-11)18(3)16-8-7-13(12(2)19)10-15(16)17/h4-10H,1-3H3. The molecule has 0 aliphatic rings. The number of anilines is 2. The van der Waals surface area contributed by atoms with Gasteiger partial charge in [-0.3, -0.25) is 4.79 Å². The van der Waals surface area contributed by atoms with Crippen molar-refractivity contribution in [3.05, 3.63) is 58.1 Å². The highest BCUT2D eigenvalue weighted by Gasteiger charge is 2.10. The molecule has 2 nitrogen and oxygen atoms in total. The van der Waals surface area contributed by atoms with E-state index in [1.54, 1.807) is 6.92 Å². The Hall–Kier alpha value is -1.61. The summed E-state index contributed by atoms with van der Waals surface area (Å²) in [5, 5.41) is 0. The number of Topliss-reactive ketones (excluding diaryl/α,β-unsaturated/α-hetero) is 1. The highest BCUT2D eigenvalue weighted by Crippen LogP contribution is 2.32. The fourth-order valence-electron chi connectivity index (χ4n) is 1.97. The molecule has 3 heteroatoms. The van der Waals surface area contributed by atoms with Crippen LogP contribution in [0.2, 0.25) is 0 Å². The quantitative estimate of drug-likeness (QED) is 0.763. The van der Waals surface area contributed by atoms with Gasteiger partial charge in [0.15, 0.2) is 5.78 Å². The van der Waals surface area contributed by atoms with Gasteiger partial charge >= 0.3 is 0 Å². The van der Waals surface area contributed by atoms with Gasteiger partial charge in [0.2, 0.25) is 0 Å². The van der Waals surface area contributed by atoms with E-state index in [4.69, 9.17) is 0 Å². The molecule has 0 amide bonds. The number of ketones is 1. The maximum Gasteiger partial charge on any atom is 0.159 e. The molecule has 0 N–H and O–H groups in total. The predicted octanol–water partition coefficient (Wildman–Crippen LogP) is 4.73. The molecule has 0 spiro atoms. The number of rotatable bonds is 3. The molecule has 2 aromatic carbocycles. The number of carbonyl (C=O) groups excluding carboxylic acids is 1. The van der Waals surface area contributed by atoms with Crippen LogP contribution in [-0.2, 0) is 0 Å². The van der Waals surface area contributed by atoms with Crippen LogP contribution in [-0.4, -0.2) is 12.8 Å². The molecule has 0 saturated carbocycles. The van der Waals surface area contributed by atoms with E-state index in [0.29, 0.717) is 5.56 Å². The third kappa shape index (κ3) is 3.04. The van der Waals surface area contributed by atoms with Gasteiger partial charge in [-0.25, -0.2) is 0 Å². The number of aryl methyl sites for hydroxylation is 1. The molecule has 2 rings (SSSR count). The lowest BCUT2D eigenvalue weighted by Crippen LogP contribution is -2.10. The summed E-state index contributed by atoms with van der Waals surface area (Å²) in [5.41, 5.74) is 4.10. The van der Waals surface area contributed by atoms with E-state index in [2.05, 4.69) is 46.0 Å². The van der Waals surface area contributed by atoms with E-state index in [1.807, 2.05) is 31.3 Å². The van der Waals surface area contributed by atoms with Gasteiger partial charge in [-0.2, -0.15) is 0 Å². The summed E-state index contributed by atoms with van der Waals surface area (Å²) in [6.45, 7) is 3.65. The van der Waals surface area contributed by atoms with E-state index < -0.39 is 0 Å². The Morgan fingerprint density at radius 3 is 2.47 bits per heavy atom. The Bertz CT molecular complexity index is 622. The first-order chi connectivity index (χ1) is 8.99. The van der Waals surface area contributed by atoms with Crippen molar-refractivity contribution in [2.24, 2.45) is 0 Å². The minimum Gasteiger partial charge on any atom is -0.344 e. The van der Waals surface area contributed by atoms with Crippen LogP contribution in [0.3, 0.4) is 0 Å². The number of carbonyl (C=O) groups is 1. The van der Waals surface area contributed by atoms with Crippen molar-refractivity contribution in [2.75, 3.05) is 11.9 Å². The topological polar surface area (TPSA) is 20.3 Å². The highest BCUT2D eigenvalue weighted by molar-refractivity contribution is 9.10. The van der Waals surface area contributed by atoms with Gasteiger partial charge in [-0.1, -0.05) is 12.1 Å². The lowest BCUT2D eigenvalue weighted by molar-refractivity contribution is 0.101. The summed E-state index contributed by atoms with van der Waals surface area (Å²) >= 11 is 3.54. The lowest BCUT2D eigenvalue weighted by Gasteiger charge is -2.21. The predicted molar refractivity (Wildman–Crippen MR) is 83.4 cm³/mol. The van der Waals surface area contributed by atoms with Crippen molar-refractivity contribution in [2.45, 2.75) is 13.8 Å². The van der Waals surface area contributed by atoms with Crippen LogP contribution in [0.15, 0.2) is 46.9 Å². The number of hydrogen-bond acceptors (Lipinski definition) is 2. The Morgan fingerprint density at radius 2 is 1.89 bits per heavy atom. The number of nitrogens with zero attached hydrogens (tertiary/aromatic N) is 1. The first-order valence-electron chi connectivity index (χ1n) is 6.10. The zero-order valence-corrected chi connectivity index (χ0v) is 12.9. The number of hydrogen-bond donors (Lipinski definition) is 0. The second kappa shape index (κ2) is 5.57. The van der Waals surface area contributed by atoms with Crippen LogP contribution < -0.4 is 4.90 Å². The summed E-state index contributed by atoms with van der Waals surface area (Å²) in [4.78, 5) is 13.5. The van der Waals surface area contributed by atoms with Crippen LogP contribution in [0.25, 0.3) is 0 Å². The molecular weight excluding hydrogens is 302 g/mol. The van der Waals surface area contributed by atoms with E-state index in [0.717, 1.165) is 15.8 Å². The summed E-state index contributed by atoms with van der Waals surface area (Å²) in [6.07, 6.45) is 0. The minimum atomic E-state index is 0.0745. The number of halogens is 1. The van der Waals surface area contributed by atoms with Crippen LogP contribution in [0.4, 0.5) is 11.4 Å². The fourth-order valence-corrected chi connectivity index (χ4v) is 2.62. The van der Waals surface area contributed by atoms with Crippen LogP contribution in [0, 0.1) is 6.92 Å². The molecule has 19 heavy (non-hydrogen) atoms. The average Bonchev–Trinajstić information content (AvgIpc) is 2.37. The fraction of sp³-hybridized carbons (Fsp3) is 0.188. The van der Waals surface area contributed by atoms with Gasteiger partial charge in [0, 0.05) is 22.8 Å². The van der Waals surface area contributed by atoms with Crippen molar-refractivity contribution in [3.63, 3.8) is 0 Å². The van der Waals surface area contributed by atoms with Crippen molar-refractivity contribution in [3.8, 4) is 0 Å². The van der Waals surface area contributed by atoms with Gasteiger partial charge in [0.25, 0.3) is 0 Å². The minimum absolute atomic E-state index is 0.0745. The Balaban J connectivity index is 2.39.